The van der Waals surface area contributed by atoms with Gasteiger partial charge in [-0.25, -0.2) is 4.98 Å². The van der Waals surface area contributed by atoms with Crippen molar-refractivity contribution < 1.29 is 31.9 Å². The number of rotatable bonds is 5. The zero-order chi connectivity index (χ0) is 23.1. The van der Waals surface area contributed by atoms with E-state index in [-0.39, 0.29) is 34.1 Å². The van der Waals surface area contributed by atoms with Crippen molar-refractivity contribution in [2.45, 2.75) is 45.5 Å². The summed E-state index contributed by atoms with van der Waals surface area (Å²) in [6.45, 7) is 2.42. The third-order valence-electron chi connectivity index (χ3n) is 4.87. The number of alkyl halides is 3. The molecule has 1 atom stereocenters. The van der Waals surface area contributed by atoms with Gasteiger partial charge in [0.1, 0.15) is 11.7 Å². The summed E-state index contributed by atoms with van der Waals surface area (Å²) in [5.74, 6) is -4.17. The van der Waals surface area contributed by atoms with Gasteiger partial charge in [-0.1, -0.05) is 11.6 Å². The van der Waals surface area contributed by atoms with Crippen molar-refractivity contribution in [3.05, 3.63) is 45.7 Å². The van der Waals surface area contributed by atoms with E-state index in [1.807, 2.05) is 0 Å². The molecule has 2 amide bonds. The first-order valence-electron chi connectivity index (χ1n) is 9.18. The molecule has 0 saturated carbocycles. The van der Waals surface area contributed by atoms with Gasteiger partial charge in [0, 0.05) is 17.8 Å². The van der Waals surface area contributed by atoms with Crippen LogP contribution in [0.25, 0.3) is 0 Å². The van der Waals surface area contributed by atoms with E-state index < -0.39 is 35.8 Å². The molecule has 0 aliphatic carbocycles. The van der Waals surface area contributed by atoms with Crippen LogP contribution in [0.5, 0.6) is 0 Å². The maximum atomic E-state index is 13.3. The number of carbonyl (C=O) groups excluding carboxylic acids is 3. The van der Waals surface area contributed by atoms with Crippen molar-refractivity contribution in [2.75, 3.05) is 5.32 Å². The molecule has 1 aliphatic rings. The molecule has 31 heavy (non-hydrogen) atoms. The van der Waals surface area contributed by atoms with Crippen LogP contribution in [-0.4, -0.2) is 39.4 Å². The van der Waals surface area contributed by atoms with Crippen LogP contribution in [0.15, 0.2) is 12.3 Å². The van der Waals surface area contributed by atoms with Crippen LogP contribution in [0, 0.1) is 12.9 Å². The molecule has 1 unspecified atom stereocenters. The van der Waals surface area contributed by atoms with Crippen molar-refractivity contribution in [3.63, 3.8) is 0 Å². The molecular formula is C19H17ClF4N4O3. The number of carbonyl (C=O) groups is 3. The monoisotopic (exact) mass is 460 g/mol. The fourth-order valence-electron chi connectivity index (χ4n) is 3.27. The van der Waals surface area contributed by atoms with E-state index >= 15 is 0 Å². The number of amides is 2. The summed E-state index contributed by atoms with van der Waals surface area (Å²) >= 11 is 6.25. The highest BCUT2D eigenvalue weighted by Gasteiger charge is 2.40. The quantitative estimate of drug-likeness (QED) is 0.309. The summed E-state index contributed by atoms with van der Waals surface area (Å²) in [6, 6.07) is -0.893. The summed E-state index contributed by atoms with van der Waals surface area (Å²) in [7, 11) is 0. The Morgan fingerprint density at radius 3 is 2.58 bits per heavy atom. The highest BCUT2D eigenvalue weighted by molar-refractivity contribution is 6.48. The SMILES string of the molecule is Cc1cc(NC(=O)c2c(Cl)c(C(=O)C(=O)NC(C)C(F)(F)F)n3c2CCC3)cnc1F. The lowest BCUT2D eigenvalue weighted by Gasteiger charge is -2.16. The van der Waals surface area contributed by atoms with Gasteiger partial charge in [0.15, 0.2) is 0 Å². The number of halogens is 5. The molecule has 0 aromatic carbocycles. The first-order valence-corrected chi connectivity index (χ1v) is 9.55. The molecule has 2 aromatic rings. The standard InChI is InChI=1S/C19H17ClF4N4O3/c1-8-6-10(7-25-16(8)21)27-17(30)12-11-4-3-5-28(11)14(13(12)20)15(29)18(31)26-9(2)19(22,23)24/h6-7,9H,3-5H2,1-2H3,(H,26,31)(H,27,30). The van der Waals surface area contributed by atoms with E-state index in [4.69, 9.17) is 11.6 Å². The van der Waals surface area contributed by atoms with Gasteiger partial charge >= 0.3 is 6.18 Å². The van der Waals surface area contributed by atoms with Crippen molar-refractivity contribution in [2.24, 2.45) is 0 Å². The molecule has 0 bridgehead atoms. The lowest BCUT2D eigenvalue weighted by atomic mass is 10.1. The minimum absolute atomic E-state index is 0.0684. The number of aryl methyl sites for hydroxylation is 1. The van der Waals surface area contributed by atoms with Crippen LogP contribution < -0.4 is 10.6 Å². The second kappa shape index (κ2) is 8.29. The first-order chi connectivity index (χ1) is 14.4. The molecule has 166 valence electrons. The predicted molar refractivity (Wildman–Crippen MR) is 103 cm³/mol. The number of fused-ring (bicyclic) bond motifs is 1. The topological polar surface area (TPSA) is 93.1 Å². The van der Waals surface area contributed by atoms with Gasteiger partial charge < -0.3 is 15.2 Å². The predicted octanol–water partition coefficient (Wildman–Crippen LogP) is 3.43. The van der Waals surface area contributed by atoms with E-state index in [0.29, 0.717) is 25.5 Å². The Hall–Kier alpha value is -2.95. The first kappa shape index (κ1) is 22.7. The molecule has 0 fully saturated rings. The van der Waals surface area contributed by atoms with Gasteiger partial charge in [-0.05, 0) is 32.8 Å². The van der Waals surface area contributed by atoms with Gasteiger partial charge in [0.05, 0.1) is 22.5 Å². The molecule has 7 nitrogen and oxygen atoms in total. The van der Waals surface area contributed by atoms with Crippen molar-refractivity contribution in [1.82, 2.24) is 14.9 Å². The van der Waals surface area contributed by atoms with Crippen molar-refractivity contribution >= 4 is 34.9 Å². The van der Waals surface area contributed by atoms with Crippen LogP contribution in [0.4, 0.5) is 23.2 Å². The van der Waals surface area contributed by atoms with Crippen molar-refractivity contribution in [1.29, 1.82) is 0 Å². The molecule has 0 spiro atoms. The van der Waals surface area contributed by atoms with Crippen LogP contribution in [-0.2, 0) is 17.8 Å². The Balaban J connectivity index is 1.91. The van der Waals surface area contributed by atoms with Crippen molar-refractivity contribution in [3.8, 4) is 0 Å². The molecule has 3 heterocycles. The molecule has 0 saturated heterocycles. The molecule has 12 heteroatoms. The number of hydrogen-bond donors (Lipinski definition) is 2. The summed E-state index contributed by atoms with van der Waals surface area (Å²) < 4.78 is 52.8. The zero-order valence-corrected chi connectivity index (χ0v) is 17.1. The van der Waals surface area contributed by atoms with E-state index in [2.05, 4.69) is 10.3 Å². The minimum atomic E-state index is -4.73. The molecule has 1 aliphatic heterocycles. The average molecular weight is 461 g/mol. The van der Waals surface area contributed by atoms with Gasteiger partial charge in [-0.15, -0.1) is 0 Å². The summed E-state index contributed by atoms with van der Waals surface area (Å²) in [5.41, 5.74) is 0.343. The normalized spacial score (nSPS) is 14.2. The highest BCUT2D eigenvalue weighted by Crippen LogP contribution is 2.34. The lowest BCUT2D eigenvalue weighted by molar-refractivity contribution is -0.156. The third-order valence-corrected chi connectivity index (χ3v) is 5.23. The number of pyridine rings is 1. The maximum absolute atomic E-state index is 13.3. The highest BCUT2D eigenvalue weighted by atomic mass is 35.5. The third kappa shape index (κ3) is 4.41. The molecule has 0 radical (unpaired) electrons. The van der Waals surface area contributed by atoms with Crippen LogP contribution in [0.1, 0.15) is 45.4 Å². The second-order valence-corrected chi connectivity index (χ2v) is 7.47. The number of ketones is 1. The zero-order valence-electron chi connectivity index (χ0n) is 16.4. The van der Waals surface area contributed by atoms with Gasteiger partial charge in [0.25, 0.3) is 17.6 Å². The smallest absolute Gasteiger partial charge is 0.340 e. The Bertz CT molecular complexity index is 1080. The van der Waals surface area contributed by atoms with E-state index in [1.54, 1.807) is 5.32 Å². The van der Waals surface area contributed by atoms with E-state index in [1.165, 1.54) is 17.6 Å². The van der Waals surface area contributed by atoms with Gasteiger partial charge in [0.2, 0.25) is 5.95 Å². The molecule has 2 N–H and O–H groups in total. The number of nitrogens with one attached hydrogen (secondary N) is 2. The Labute approximate surface area is 178 Å². The number of hydrogen-bond acceptors (Lipinski definition) is 4. The molecule has 2 aromatic heterocycles. The number of Topliss-reactive ketones (excluding diaryl/α,β-unsaturated/α-hetero) is 1. The van der Waals surface area contributed by atoms with Crippen LogP contribution >= 0.6 is 11.6 Å². The fraction of sp³-hybridized carbons (Fsp3) is 0.368. The van der Waals surface area contributed by atoms with E-state index in [9.17, 15) is 31.9 Å². The van der Waals surface area contributed by atoms with E-state index in [0.717, 1.165) is 6.20 Å². The molecule has 3 rings (SSSR count). The number of anilines is 1. The van der Waals surface area contributed by atoms with Crippen LogP contribution in [0.2, 0.25) is 5.02 Å². The van der Waals surface area contributed by atoms with Crippen LogP contribution in [0.3, 0.4) is 0 Å². The number of nitrogens with zero attached hydrogens (tertiary/aromatic N) is 2. The summed E-state index contributed by atoms with van der Waals surface area (Å²) in [6.07, 6.45) is -2.71. The molecular weight excluding hydrogens is 444 g/mol. The largest absolute Gasteiger partial charge is 0.408 e. The Morgan fingerprint density at radius 2 is 1.97 bits per heavy atom. The number of aromatic nitrogens is 2. The lowest BCUT2D eigenvalue weighted by Crippen LogP contribution is -2.46. The Kier molecular flexibility index (Phi) is 6.08. The van der Waals surface area contributed by atoms with Gasteiger partial charge in [-0.3, -0.25) is 14.4 Å². The second-order valence-electron chi connectivity index (χ2n) is 7.09. The Morgan fingerprint density at radius 1 is 1.29 bits per heavy atom. The minimum Gasteiger partial charge on any atom is -0.340 e. The summed E-state index contributed by atoms with van der Waals surface area (Å²) in [4.78, 5) is 41.0. The summed E-state index contributed by atoms with van der Waals surface area (Å²) in [5, 5.41) is 3.77. The fourth-order valence-corrected chi connectivity index (χ4v) is 3.65. The average Bonchev–Trinajstić information content (AvgIpc) is 3.22. The van der Waals surface area contributed by atoms with Gasteiger partial charge in [-0.2, -0.15) is 17.6 Å². The maximum Gasteiger partial charge on any atom is 0.408 e.